The van der Waals surface area contributed by atoms with Crippen LogP contribution in [-0.2, 0) is 0 Å². The van der Waals surface area contributed by atoms with Gasteiger partial charge in [0.25, 0.3) is 0 Å². The summed E-state index contributed by atoms with van der Waals surface area (Å²) in [6.45, 7) is 4.08. The largest absolute Gasteiger partial charge is 0.476 e. The number of hydrogen-bond acceptors (Lipinski definition) is 2. The van der Waals surface area contributed by atoms with Crippen LogP contribution in [0.1, 0.15) is 48.8 Å². The number of benzene rings is 1. The molecule has 0 bridgehead atoms. The lowest BCUT2D eigenvalue weighted by Crippen LogP contribution is -2.07. The second-order valence-corrected chi connectivity index (χ2v) is 4.66. The highest BCUT2D eigenvalue weighted by atomic mass is 19.1. The number of carbonyl (C=O) groups is 1. The molecule has 2 rings (SSSR count). The van der Waals surface area contributed by atoms with Gasteiger partial charge in [-0.1, -0.05) is 19.9 Å². The van der Waals surface area contributed by atoms with Crippen molar-refractivity contribution >= 4 is 5.97 Å². The summed E-state index contributed by atoms with van der Waals surface area (Å²) in [7, 11) is 0. The van der Waals surface area contributed by atoms with Crippen LogP contribution in [0.2, 0.25) is 0 Å². The Kier molecular flexibility index (Phi) is 4.17. The zero-order valence-corrected chi connectivity index (χ0v) is 11.5. The van der Waals surface area contributed by atoms with Gasteiger partial charge in [-0.25, -0.2) is 13.9 Å². The standard InChI is InChI=1S/C15H17FN2O2/c1-3-10(4-2)14-9-13(15(19)20)17-18(14)12-7-5-6-11(16)8-12/h5-10H,3-4H2,1-2H3,(H,19,20). The van der Waals surface area contributed by atoms with Crippen LogP contribution in [0.3, 0.4) is 0 Å². The van der Waals surface area contributed by atoms with E-state index in [4.69, 9.17) is 5.11 Å². The summed E-state index contributed by atoms with van der Waals surface area (Å²) < 4.78 is 14.9. The van der Waals surface area contributed by atoms with E-state index in [1.165, 1.54) is 16.8 Å². The Bertz CT molecular complexity index is 618. The van der Waals surface area contributed by atoms with Gasteiger partial charge < -0.3 is 5.11 Å². The van der Waals surface area contributed by atoms with E-state index in [-0.39, 0.29) is 17.4 Å². The lowest BCUT2D eigenvalue weighted by molar-refractivity contribution is 0.0690. The van der Waals surface area contributed by atoms with E-state index >= 15 is 0 Å². The highest BCUT2D eigenvalue weighted by Gasteiger charge is 2.19. The number of nitrogens with zero attached hydrogens (tertiary/aromatic N) is 2. The zero-order valence-electron chi connectivity index (χ0n) is 11.5. The molecule has 1 heterocycles. The first-order chi connectivity index (χ1) is 9.56. The smallest absolute Gasteiger partial charge is 0.356 e. The molecule has 0 spiro atoms. The van der Waals surface area contributed by atoms with Gasteiger partial charge in [-0.15, -0.1) is 0 Å². The second kappa shape index (κ2) is 5.86. The number of aromatic nitrogens is 2. The molecule has 1 aromatic heterocycles. The molecule has 0 aliphatic carbocycles. The molecule has 0 aliphatic rings. The summed E-state index contributed by atoms with van der Waals surface area (Å²) in [5.41, 5.74) is 1.33. The van der Waals surface area contributed by atoms with Crippen LogP contribution >= 0.6 is 0 Å². The first kappa shape index (κ1) is 14.2. The first-order valence-electron chi connectivity index (χ1n) is 6.66. The maximum Gasteiger partial charge on any atom is 0.356 e. The number of aromatic carboxylic acids is 1. The van der Waals surface area contributed by atoms with E-state index in [1.807, 2.05) is 13.8 Å². The van der Waals surface area contributed by atoms with Gasteiger partial charge in [0.05, 0.1) is 5.69 Å². The van der Waals surface area contributed by atoms with E-state index in [0.29, 0.717) is 5.69 Å². The Balaban J connectivity index is 2.58. The molecule has 0 saturated carbocycles. The summed E-state index contributed by atoms with van der Waals surface area (Å²) in [5, 5.41) is 13.2. The van der Waals surface area contributed by atoms with Crippen molar-refractivity contribution < 1.29 is 14.3 Å². The molecule has 106 valence electrons. The van der Waals surface area contributed by atoms with Crippen molar-refractivity contribution in [2.75, 3.05) is 0 Å². The SMILES string of the molecule is CCC(CC)c1cc(C(=O)O)nn1-c1cccc(F)c1. The van der Waals surface area contributed by atoms with E-state index in [1.54, 1.807) is 18.2 Å². The summed E-state index contributed by atoms with van der Waals surface area (Å²) >= 11 is 0. The van der Waals surface area contributed by atoms with Crippen molar-refractivity contribution in [1.82, 2.24) is 9.78 Å². The predicted octanol–water partition coefficient (Wildman–Crippen LogP) is 3.61. The Hall–Kier alpha value is -2.17. The summed E-state index contributed by atoms with van der Waals surface area (Å²) in [4.78, 5) is 11.1. The van der Waals surface area contributed by atoms with Crippen LogP contribution < -0.4 is 0 Å². The molecule has 2 aromatic rings. The molecule has 0 radical (unpaired) electrons. The van der Waals surface area contributed by atoms with Crippen molar-refractivity contribution in [2.45, 2.75) is 32.6 Å². The van der Waals surface area contributed by atoms with Crippen LogP contribution in [0.15, 0.2) is 30.3 Å². The second-order valence-electron chi connectivity index (χ2n) is 4.66. The highest BCUT2D eigenvalue weighted by Crippen LogP contribution is 2.26. The minimum Gasteiger partial charge on any atom is -0.476 e. The Morgan fingerprint density at radius 3 is 2.60 bits per heavy atom. The van der Waals surface area contributed by atoms with E-state index in [9.17, 15) is 9.18 Å². The monoisotopic (exact) mass is 276 g/mol. The van der Waals surface area contributed by atoms with E-state index < -0.39 is 5.97 Å². The molecule has 4 nitrogen and oxygen atoms in total. The number of carboxylic acid groups (broad SMARTS) is 1. The molecule has 0 unspecified atom stereocenters. The fourth-order valence-electron chi connectivity index (χ4n) is 2.31. The molecular formula is C15H17FN2O2. The van der Waals surface area contributed by atoms with Gasteiger partial charge in [0, 0.05) is 11.6 Å². The quantitative estimate of drug-likeness (QED) is 0.907. The van der Waals surface area contributed by atoms with Gasteiger partial charge in [-0.3, -0.25) is 0 Å². The van der Waals surface area contributed by atoms with Crippen molar-refractivity contribution in [3.05, 3.63) is 47.5 Å². The number of rotatable bonds is 5. The van der Waals surface area contributed by atoms with Crippen LogP contribution in [-0.4, -0.2) is 20.9 Å². The van der Waals surface area contributed by atoms with Crippen LogP contribution in [0.4, 0.5) is 4.39 Å². The fraction of sp³-hybridized carbons (Fsp3) is 0.333. The third-order valence-electron chi connectivity index (χ3n) is 3.41. The molecule has 0 aliphatic heterocycles. The molecule has 0 saturated heterocycles. The summed E-state index contributed by atoms with van der Waals surface area (Å²) in [6.07, 6.45) is 1.74. The molecule has 0 amide bonds. The summed E-state index contributed by atoms with van der Waals surface area (Å²) in [5.74, 6) is -1.25. The third-order valence-corrected chi connectivity index (χ3v) is 3.41. The molecule has 20 heavy (non-hydrogen) atoms. The van der Waals surface area contributed by atoms with Crippen molar-refractivity contribution in [3.63, 3.8) is 0 Å². The molecule has 5 heteroatoms. The van der Waals surface area contributed by atoms with Crippen LogP contribution in [0, 0.1) is 5.82 Å². The Morgan fingerprint density at radius 2 is 2.05 bits per heavy atom. The average Bonchev–Trinajstić information content (AvgIpc) is 2.85. The van der Waals surface area contributed by atoms with Gasteiger partial charge in [-0.2, -0.15) is 5.10 Å². The highest BCUT2D eigenvalue weighted by molar-refractivity contribution is 5.85. The molecule has 0 fully saturated rings. The Morgan fingerprint density at radius 1 is 1.35 bits per heavy atom. The number of halogens is 1. The topological polar surface area (TPSA) is 55.1 Å². The van der Waals surface area contributed by atoms with Crippen molar-refractivity contribution in [3.8, 4) is 5.69 Å². The Labute approximate surface area is 116 Å². The third kappa shape index (κ3) is 2.71. The van der Waals surface area contributed by atoms with Gasteiger partial charge >= 0.3 is 5.97 Å². The molecule has 1 aromatic carbocycles. The molecule has 0 atom stereocenters. The van der Waals surface area contributed by atoms with Crippen molar-refractivity contribution in [1.29, 1.82) is 0 Å². The van der Waals surface area contributed by atoms with Gasteiger partial charge in [0.1, 0.15) is 5.82 Å². The van der Waals surface area contributed by atoms with Gasteiger partial charge in [0.15, 0.2) is 5.69 Å². The maximum absolute atomic E-state index is 13.4. The minimum absolute atomic E-state index is 0.0174. The average molecular weight is 276 g/mol. The molecular weight excluding hydrogens is 259 g/mol. The maximum atomic E-state index is 13.4. The lowest BCUT2D eigenvalue weighted by atomic mass is 9.99. The fourth-order valence-corrected chi connectivity index (χ4v) is 2.31. The van der Waals surface area contributed by atoms with E-state index in [0.717, 1.165) is 18.5 Å². The van der Waals surface area contributed by atoms with Gasteiger partial charge in [0.2, 0.25) is 0 Å². The number of hydrogen-bond donors (Lipinski definition) is 1. The predicted molar refractivity (Wildman–Crippen MR) is 73.8 cm³/mol. The minimum atomic E-state index is -1.08. The summed E-state index contributed by atoms with van der Waals surface area (Å²) in [6, 6.07) is 7.58. The zero-order chi connectivity index (χ0) is 14.7. The normalized spacial score (nSPS) is 11.0. The number of carboxylic acids is 1. The van der Waals surface area contributed by atoms with Crippen LogP contribution in [0.25, 0.3) is 5.69 Å². The molecule has 1 N–H and O–H groups in total. The van der Waals surface area contributed by atoms with E-state index in [2.05, 4.69) is 5.10 Å². The van der Waals surface area contributed by atoms with Gasteiger partial charge in [-0.05, 0) is 37.1 Å². The van der Waals surface area contributed by atoms with Crippen molar-refractivity contribution in [2.24, 2.45) is 0 Å². The first-order valence-corrected chi connectivity index (χ1v) is 6.66. The lowest BCUT2D eigenvalue weighted by Gasteiger charge is -2.14. The van der Waals surface area contributed by atoms with Crippen LogP contribution in [0.5, 0.6) is 0 Å².